The maximum atomic E-state index is 8.71. The zero-order valence-electron chi connectivity index (χ0n) is 8.90. The Balaban J connectivity index is 1.99. The van der Waals surface area contributed by atoms with Crippen LogP contribution in [-0.2, 0) is 0 Å². The Kier molecular flexibility index (Phi) is 3.05. The van der Waals surface area contributed by atoms with E-state index in [0.717, 1.165) is 19.6 Å². The molecule has 0 aliphatic carbocycles. The molecule has 80 valence electrons. The van der Waals surface area contributed by atoms with Gasteiger partial charge in [-0.2, -0.15) is 5.26 Å². The molecule has 2 aliphatic rings. The lowest BCUT2D eigenvalue weighted by molar-refractivity contribution is 0.128. The predicted molar refractivity (Wildman–Crippen MR) is 58.8 cm³/mol. The highest BCUT2D eigenvalue weighted by Gasteiger charge is 2.24. The third-order valence-corrected chi connectivity index (χ3v) is 2.91. The molecule has 2 heterocycles. The lowest BCUT2D eigenvalue weighted by atomic mass is 10.1. The molecule has 2 aliphatic heterocycles. The van der Waals surface area contributed by atoms with Crippen LogP contribution in [0.1, 0.15) is 6.92 Å². The van der Waals surface area contributed by atoms with Gasteiger partial charge in [-0.3, -0.25) is 4.90 Å². The second-order valence-electron chi connectivity index (χ2n) is 3.97. The second-order valence-corrected chi connectivity index (χ2v) is 3.97. The van der Waals surface area contributed by atoms with E-state index < -0.39 is 0 Å². The molecule has 0 spiro atoms. The minimum absolute atomic E-state index is 0.235. The van der Waals surface area contributed by atoms with E-state index in [9.17, 15) is 0 Å². The summed E-state index contributed by atoms with van der Waals surface area (Å²) in [5.41, 5.74) is 0.689. The molecular formula is C11H16N4. The highest BCUT2D eigenvalue weighted by molar-refractivity contribution is 5.35. The van der Waals surface area contributed by atoms with E-state index in [1.807, 2.05) is 6.08 Å². The van der Waals surface area contributed by atoms with E-state index in [2.05, 4.69) is 34.6 Å². The Morgan fingerprint density at radius 2 is 2.47 bits per heavy atom. The Hall–Kier alpha value is -1.31. The van der Waals surface area contributed by atoms with Crippen LogP contribution < -0.4 is 10.6 Å². The number of nitrogens with zero attached hydrogens (tertiary/aromatic N) is 2. The normalized spacial score (nSPS) is 31.6. The number of nitrogens with one attached hydrogen (secondary N) is 2. The van der Waals surface area contributed by atoms with E-state index in [4.69, 9.17) is 5.26 Å². The quantitative estimate of drug-likeness (QED) is 0.639. The Labute approximate surface area is 90.2 Å². The smallest absolute Gasteiger partial charge is 0.101 e. The molecule has 0 bridgehead atoms. The second kappa shape index (κ2) is 4.47. The number of nitriles is 1. The van der Waals surface area contributed by atoms with Crippen LogP contribution in [0.2, 0.25) is 0 Å². The first-order valence-electron chi connectivity index (χ1n) is 5.32. The summed E-state index contributed by atoms with van der Waals surface area (Å²) < 4.78 is 0. The molecule has 2 N–H and O–H groups in total. The van der Waals surface area contributed by atoms with Gasteiger partial charge in [0.05, 0.1) is 11.7 Å². The van der Waals surface area contributed by atoms with Crippen LogP contribution in [0.3, 0.4) is 0 Å². The molecule has 2 rings (SSSR count). The first kappa shape index (κ1) is 10.2. The van der Waals surface area contributed by atoms with Gasteiger partial charge in [0.1, 0.15) is 6.07 Å². The van der Waals surface area contributed by atoms with Gasteiger partial charge in [-0.25, -0.2) is 0 Å². The molecule has 1 unspecified atom stereocenters. The van der Waals surface area contributed by atoms with Gasteiger partial charge in [0.2, 0.25) is 0 Å². The van der Waals surface area contributed by atoms with Gasteiger partial charge in [-0.1, -0.05) is 0 Å². The minimum atomic E-state index is 0.235. The molecule has 15 heavy (non-hydrogen) atoms. The van der Waals surface area contributed by atoms with Crippen LogP contribution in [-0.4, -0.2) is 36.7 Å². The van der Waals surface area contributed by atoms with E-state index in [1.54, 1.807) is 6.20 Å². The fourth-order valence-corrected chi connectivity index (χ4v) is 2.02. The Morgan fingerprint density at radius 3 is 3.07 bits per heavy atom. The van der Waals surface area contributed by atoms with E-state index in [0.29, 0.717) is 11.6 Å². The SMILES string of the molecule is C[C@@H]1CNCCN1C1C=CC(C#N)=CN1. The van der Waals surface area contributed by atoms with Gasteiger partial charge in [-0.15, -0.1) is 0 Å². The zero-order valence-corrected chi connectivity index (χ0v) is 8.90. The fraction of sp³-hybridized carbons (Fsp3) is 0.545. The summed E-state index contributed by atoms with van der Waals surface area (Å²) >= 11 is 0. The Bertz CT molecular complexity index is 326. The number of piperazine rings is 1. The van der Waals surface area contributed by atoms with Gasteiger partial charge in [-0.05, 0) is 19.1 Å². The van der Waals surface area contributed by atoms with Crippen molar-refractivity contribution >= 4 is 0 Å². The van der Waals surface area contributed by atoms with Crippen LogP contribution in [0, 0.1) is 11.3 Å². The molecule has 0 amide bonds. The van der Waals surface area contributed by atoms with Crippen molar-refractivity contribution in [3.63, 3.8) is 0 Å². The van der Waals surface area contributed by atoms with Crippen LogP contribution in [0.25, 0.3) is 0 Å². The number of hydrogen-bond acceptors (Lipinski definition) is 4. The first-order valence-corrected chi connectivity index (χ1v) is 5.32. The molecule has 4 nitrogen and oxygen atoms in total. The summed E-state index contributed by atoms with van der Waals surface area (Å²) in [6, 6.07) is 2.65. The van der Waals surface area contributed by atoms with Crippen molar-refractivity contribution < 1.29 is 0 Å². The van der Waals surface area contributed by atoms with Crippen molar-refractivity contribution in [1.29, 1.82) is 5.26 Å². The van der Waals surface area contributed by atoms with Crippen molar-refractivity contribution in [1.82, 2.24) is 15.5 Å². The molecule has 1 fully saturated rings. The molecule has 4 heteroatoms. The molecule has 0 radical (unpaired) electrons. The monoisotopic (exact) mass is 204 g/mol. The first-order chi connectivity index (χ1) is 7.31. The van der Waals surface area contributed by atoms with E-state index in [-0.39, 0.29) is 6.17 Å². The number of hydrogen-bond donors (Lipinski definition) is 2. The van der Waals surface area contributed by atoms with E-state index >= 15 is 0 Å². The lowest BCUT2D eigenvalue weighted by Crippen LogP contribution is -2.57. The van der Waals surface area contributed by atoms with Crippen LogP contribution >= 0.6 is 0 Å². The molecule has 0 aromatic heterocycles. The maximum absolute atomic E-state index is 8.71. The molecule has 1 saturated heterocycles. The minimum Gasteiger partial charge on any atom is -0.371 e. The summed E-state index contributed by atoms with van der Waals surface area (Å²) in [6.45, 7) is 5.32. The van der Waals surface area contributed by atoms with Crippen LogP contribution in [0.4, 0.5) is 0 Å². The summed E-state index contributed by atoms with van der Waals surface area (Å²) in [6.07, 6.45) is 5.97. The molecular weight excluding hydrogens is 188 g/mol. The average molecular weight is 204 g/mol. The highest BCUT2D eigenvalue weighted by atomic mass is 15.3. The van der Waals surface area contributed by atoms with Gasteiger partial charge in [0.15, 0.2) is 0 Å². The predicted octanol–water partition coefficient (Wildman–Crippen LogP) is 0.173. The fourth-order valence-electron chi connectivity index (χ4n) is 2.02. The topological polar surface area (TPSA) is 51.1 Å². The maximum Gasteiger partial charge on any atom is 0.101 e. The molecule has 0 aromatic carbocycles. The molecule has 0 aromatic rings. The van der Waals surface area contributed by atoms with Crippen LogP contribution in [0.5, 0.6) is 0 Å². The third kappa shape index (κ3) is 2.20. The summed E-state index contributed by atoms with van der Waals surface area (Å²) in [7, 11) is 0. The van der Waals surface area contributed by atoms with Crippen molar-refractivity contribution in [2.45, 2.75) is 19.1 Å². The largest absolute Gasteiger partial charge is 0.371 e. The summed E-state index contributed by atoms with van der Waals surface area (Å²) in [5.74, 6) is 0. The van der Waals surface area contributed by atoms with Gasteiger partial charge < -0.3 is 10.6 Å². The van der Waals surface area contributed by atoms with Crippen molar-refractivity contribution in [2.75, 3.05) is 19.6 Å². The van der Waals surface area contributed by atoms with Crippen molar-refractivity contribution in [3.05, 3.63) is 23.9 Å². The van der Waals surface area contributed by atoms with Gasteiger partial charge in [0, 0.05) is 31.9 Å². The molecule has 0 saturated carbocycles. The van der Waals surface area contributed by atoms with Gasteiger partial charge >= 0.3 is 0 Å². The third-order valence-electron chi connectivity index (χ3n) is 2.91. The van der Waals surface area contributed by atoms with Crippen molar-refractivity contribution in [2.24, 2.45) is 0 Å². The number of dihydropyridines is 1. The van der Waals surface area contributed by atoms with Crippen molar-refractivity contribution in [3.8, 4) is 6.07 Å². The number of rotatable bonds is 1. The van der Waals surface area contributed by atoms with Crippen LogP contribution in [0.15, 0.2) is 23.9 Å². The van der Waals surface area contributed by atoms with Gasteiger partial charge in [0.25, 0.3) is 0 Å². The Morgan fingerprint density at radius 1 is 1.60 bits per heavy atom. The summed E-state index contributed by atoms with van der Waals surface area (Å²) in [4.78, 5) is 2.40. The average Bonchev–Trinajstić information content (AvgIpc) is 2.30. The standard InChI is InChI=1S/C11H16N4/c1-9-7-13-4-5-15(9)11-3-2-10(6-12)8-14-11/h2-3,8-9,11,13-14H,4-5,7H2,1H3/t9-,11?/m1/s1. The summed E-state index contributed by atoms with van der Waals surface area (Å²) in [5, 5.41) is 15.3. The lowest BCUT2D eigenvalue weighted by Gasteiger charge is -2.39. The van der Waals surface area contributed by atoms with E-state index in [1.165, 1.54) is 0 Å². The highest BCUT2D eigenvalue weighted by Crippen LogP contribution is 2.11. The zero-order chi connectivity index (χ0) is 10.7. The number of allylic oxidation sites excluding steroid dienone is 2. The molecule has 2 atom stereocenters.